The van der Waals surface area contributed by atoms with Crippen molar-refractivity contribution in [3.63, 3.8) is 0 Å². The molecule has 0 saturated carbocycles. The molecule has 138 valence electrons. The summed E-state index contributed by atoms with van der Waals surface area (Å²) in [5.41, 5.74) is 0.593. The standard InChI is InChI=1S/C19H17N3O5/c1-12-9-15(23)16(10-26-12)27-11-17(24)21-14-5-3-13(4-6-14)18(25)19-20-7-8-22(19)2/h3-10H,11H2,1-2H3,(H,21,24). The van der Waals surface area contributed by atoms with Crippen molar-refractivity contribution in [2.24, 2.45) is 7.05 Å². The van der Waals surface area contributed by atoms with Crippen LogP contribution in [0.5, 0.6) is 5.75 Å². The number of carbonyl (C=O) groups is 2. The largest absolute Gasteiger partial charge is 0.477 e. The fraction of sp³-hybridized carbons (Fsp3) is 0.158. The molecule has 0 unspecified atom stereocenters. The summed E-state index contributed by atoms with van der Waals surface area (Å²) in [6, 6.07) is 7.69. The molecule has 0 aliphatic rings. The third kappa shape index (κ3) is 4.30. The van der Waals surface area contributed by atoms with Crippen LogP contribution in [0.1, 0.15) is 21.9 Å². The van der Waals surface area contributed by atoms with Crippen molar-refractivity contribution < 1.29 is 18.7 Å². The molecule has 27 heavy (non-hydrogen) atoms. The number of anilines is 1. The minimum absolute atomic E-state index is 0.0354. The van der Waals surface area contributed by atoms with Crippen molar-refractivity contribution in [3.8, 4) is 5.75 Å². The van der Waals surface area contributed by atoms with Crippen molar-refractivity contribution in [1.29, 1.82) is 0 Å². The molecule has 1 amide bonds. The summed E-state index contributed by atoms with van der Waals surface area (Å²) in [7, 11) is 1.74. The normalized spacial score (nSPS) is 10.4. The van der Waals surface area contributed by atoms with Gasteiger partial charge in [-0.2, -0.15) is 0 Å². The Kier molecular flexibility index (Phi) is 5.16. The van der Waals surface area contributed by atoms with Gasteiger partial charge in [-0.3, -0.25) is 14.4 Å². The number of carbonyl (C=O) groups excluding carboxylic acids is 2. The molecule has 8 nitrogen and oxygen atoms in total. The monoisotopic (exact) mass is 367 g/mol. The molecule has 2 heterocycles. The molecule has 1 N–H and O–H groups in total. The number of aryl methyl sites for hydroxylation is 2. The average molecular weight is 367 g/mol. The van der Waals surface area contributed by atoms with E-state index in [1.54, 1.807) is 55.2 Å². The number of nitrogens with zero attached hydrogens (tertiary/aromatic N) is 2. The van der Waals surface area contributed by atoms with E-state index in [1.165, 1.54) is 12.3 Å². The molecule has 0 aliphatic carbocycles. The topological polar surface area (TPSA) is 103 Å². The molecule has 0 fully saturated rings. The highest BCUT2D eigenvalue weighted by Crippen LogP contribution is 2.13. The van der Waals surface area contributed by atoms with Crippen molar-refractivity contribution in [2.75, 3.05) is 11.9 Å². The first-order chi connectivity index (χ1) is 12.9. The lowest BCUT2D eigenvalue weighted by Crippen LogP contribution is -2.22. The first-order valence-electron chi connectivity index (χ1n) is 8.08. The highest BCUT2D eigenvalue weighted by molar-refractivity contribution is 6.07. The highest BCUT2D eigenvalue weighted by atomic mass is 16.5. The van der Waals surface area contributed by atoms with Crippen LogP contribution < -0.4 is 15.5 Å². The Balaban J connectivity index is 1.59. The van der Waals surface area contributed by atoms with Crippen LogP contribution in [-0.2, 0) is 11.8 Å². The maximum absolute atomic E-state index is 12.3. The van der Waals surface area contributed by atoms with Crippen LogP contribution in [-0.4, -0.2) is 27.8 Å². The molecule has 3 rings (SSSR count). The summed E-state index contributed by atoms with van der Waals surface area (Å²) in [5.74, 6) is 0.0915. The minimum Gasteiger partial charge on any atom is -0.477 e. The van der Waals surface area contributed by atoms with E-state index in [4.69, 9.17) is 9.15 Å². The van der Waals surface area contributed by atoms with Crippen molar-refractivity contribution in [1.82, 2.24) is 9.55 Å². The second-order valence-electron chi connectivity index (χ2n) is 5.82. The van der Waals surface area contributed by atoms with Crippen molar-refractivity contribution >= 4 is 17.4 Å². The second kappa shape index (κ2) is 7.69. The number of hydrogen-bond acceptors (Lipinski definition) is 6. The summed E-state index contributed by atoms with van der Waals surface area (Å²) in [6.45, 7) is 1.29. The van der Waals surface area contributed by atoms with Crippen LogP contribution in [0.15, 0.2) is 58.2 Å². The van der Waals surface area contributed by atoms with Gasteiger partial charge in [-0.25, -0.2) is 4.98 Å². The number of amides is 1. The lowest BCUT2D eigenvalue weighted by atomic mass is 10.1. The van der Waals surface area contributed by atoms with Gasteiger partial charge in [-0.15, -0.1) is 0 Å². The van der Waals surface area contributed by atoms with Gasteiger partial charge < -0.3 is 19.0 Å². The molecule has 0 saturated heterocycles. The first-order valence-corrected chi connectivity index (χ1v) is 8.08. The van der Waals surface area contributed by atoms with Gasteiger partial charge in [0.2, 0.25) is 17.0 Å². The molecule has 8 heteroatoms. The third-order valence-corrected chi connectivity index (χ3v) is 3.74. The molecule has 0 spiro atoms. The first kappa shape index (κ1) is 18.1. The number of imidazole rings is 1. The summed E-state index contributed by atoms with van der Waals surface area (Å²) in [4.78, 5) is 40.0. The zero-order valence-electron chi connectivity index (χ0n) is 14.8. The zero-order valence-corrected chi connectivity index (χ0v) is 14.8. The van der Waals surface area contributed by atoms with Crippen LogP contribution in [0.3, 0.4) is 0 Å². The second-order valence-corrected chi connectivity index (χ2v) is 5.82. The SMILES string of the molecule is Cc1cc(=O)c(OCC(=O)Nc2ccc(C(=O)c3nccn3C)cc2)co1. The molecule has 1 aromatic carbocycles. The summed E-state index contributed by atoms with van der Waals surface area (Å²) < 4.78 is 11.9. The van der Waals surface area contributed by atoms with Crippen LogP contribution in [0, 0.1) is 6.92 Å². The maximum Gasteiger partial charge on any atom is 0.262 e. The van der Waals surface area contributed by atoms with E-state index in [0.29, 0.717) is 22.8 Å². The van der Waals surface area contributed by atoms with Gasteiger partial charge in [0, 0.05) is 36.8 Å². The van der Waals surface area contributed by atoms with Gasteiger partial charge in [0.05, 0.1) is 0 Å². The summed E-state index contributed by atoms with van der Waals surface area (Å²) in [6.07, 6.45) is 4.41. The molecular formula is C19H17N3O5. The molecular weight excluding hydrogens is 350 g/mol. The molecule has 0 aliphatic heterocycles. The Morgan fingerprint density at radius 2 is 2.00 bits per heavy atom. The van der Waals surface area contributed by atoms with Crippen LogP contribution in [0.25, 0.3) is 0 Å². The number of hydrogen-bond donors (Lipinski definition) is 1. The Hall–Kier alpha value is -3.68. The van der Waals surface area contributed by atoms with Gasteiger partial charge in [-0.05, 0) is 31.2 Å². The average Bonchev–Trinajstić information content (AvgIpc) is 3.07. The van der Waals surface area contributed by atoms with Crippen LogP contribution in [0.2, 0.25) is 0 Å². The molecule has 0 bridgehead atoms. The Bertz CT molecular complexity index is 1030. The van der Waals surface area contributed by atoms with E-state index in [9.17, 15) is 14.4 Å². The lowest BCUT2D eigenvalue weighted by Gasteiger charge is -2.08. The van der Waals surface area contributed by atoms with Crippen molar-refractivity contribution in [2.45, 2.75) is 6.92 Å². The van der Waals surface area contributed by atoms with E-state index in [2.05, 4.69) is 10.3 Å². The highest BCUT2D eigenvalue weighted by Gasteiger charge is 2.14. The van der Waals surface area contributed by atoms with Gasteiger partial charge >= 0.3 is 0 Å². The Morgan fingerprint density at radius 1 is 1.26 bits per heavy atom. The zero-order chi connectivity index (χ0) is 19.4. The van der Waals surface area contributed by atoms with E-state index in [1.807, 2.05) is 0 Å². The fourth-order valence-electron chi connectivity index (χ4n) is 2.36. The minimum atomic E-state index is -0.446. The number of benzene rings is 1. The van der Waals surface area contributed by atoms with E-state index in [0.717, 1.165) is 0 Å². The number of nitrogens with one attached hydrogen (secondary N) is 1. The number of aromatic nitrogens is 2. The van der Waals surface area contributed by atoms with E-state index >= 15 is 0 Å². The number of ether oxygens (including phenoxy) is 1. The van der Waals surface area contributed by atoms with Gasteiger partial charge in [-0.1, -0.05) is 0 Å². The molecule has 0 atom stereocenters. The van der Waals surface area contributed by atoms with E-state index < -0.39 is 5.91 Å². The predicted octanol–water partition coefficient (Wildman–Crippen LogP) is 1.93. The van der Waals surface area contributed by atoms with Gasteiger partial charge in [0.1, 0.15) is 12.0 Å². The van der Waals surface area contributed by atoms with Gasteiger partial charge in [0.25, 0.3) is 5.91 Å². The Morgan fingerprint density at radius 3 is 2.63 bits per heavy atom. The smallest absolute Gasteiger partial charge is 0.262 e. The molecule has 2 aromatic heterocycles. The fourth-order valence-corrected chi connectivity index (χ4v) is 2.36. The number of ketones is 1. The molecule has 3 aromatic rings. The predicted molar refractivity (Wildman–Crippen MR) is 96.9 cm³/mol. The van der Waals surface area contributed by atoms with Crippen LogP contribution >= 0.6 is 0 Å². The molecule has 0 radical (unpaired) electrons. The summed E-state index contributed by atoms with van der Waals surface area (Å²) >= 11 is 0. The lowest BCUT2D eigenvalue weighted by molar-refractivity contribution is -0.118. The van der Waals surface area contributed by atoms with Crippen molar-refractivity contribution in [3.05, 3.63) is 76.4 Å². The Labute approximate surface area is 154 Å². The van der Waals surface area contributed by atoms with Crippen LogP contribution in [0.4, 0.5) is 5.69 Å². The summed E-state index contributed by atoms with van der Waals surface area (Å²) in [5, 5.41) is 2.63. The van der Waals surface area contributed by atoms with E-state index in [-0.39, 0.29) is 23.6 Å². The van der Waals surface area contributed by atoms with Gasteiger partial charge in [0.15, 0.2) is 12.4 Å². The third-order valence-electron chi connectivity index (χ3n) is 3.74. The quantitative estimate of drug-likeness (QED) is 0.668. The number of rotatable bonds is 6. The maximum atomic E-state index is 12.3.